The predicted molar refractivity (Wildman–Crippen MR) is 73.9 cm³/mol. The highest BCUT2D eigenvalue weighted by Crippen LogP contribution is 2.24. The maximum absolute atomic E-state index is 12.8. The summed E-state index contributed by atoms with van der Waals surface area (Å²) >= 11 is 0. The van der Waals surface area contributed by atoms with E-state index in [1.54, 1.807) is 12.1 Å². The lowest BCUT2D eigenvalue weighted by Gasteiger charge is -2.04. The van der Waals surface area contributed by atoms with E-state index in [2.05, 4.69) is 0 Å². The summed E-state index contributed by atoms with van der Waals surface area (Å²) in [7, 11) is 0. The van der Waals surface area contributed by atoms with Crippen LogP contribution in [-0.2, 0) is 6.61 Å². The molecule has 0 aliphatic heterocycles. The summed E-state index contributed by atoms with van der Waals surface area (Å²) < 4.78 is 23.7. The Bertz CT molecular complexity index is 790. The van der Waals surface area contributed by atoms with Gasteiger partial charge in [0.25, 0.3) is 0 Å². The second kappa shape index (κ2) is 5.28. The first-order chi connectivity index (χ1) is 10.1. The molecule has 0 saturated heterocycles. The van der Waals surface area contributed by atoms with Crippen LogP contribution in [0.2, 0.25) is 0 Å². The number of hydrogen-bond acceptors (Lipinski definition) is 3. The Balaban J connectivity index is 1.84. The molecule has 3 aromatic rings. The van der Waals surface area contributed by atoms with Crippen LogP contribution in [0.4, 0.5) is 4.39 Å². The fourth-order valence-corrected chi connectivity index (χ4v) is 2.02. The topological polar surface area (TPSA) is 59.7 Å². The van der Waals surface area contributed by atoms with Crippen molar-refractivity contribution in [3.63, 3.8) is 0 Å². The summed E-state index contributed by atoms with van der Waals surface area (Å²) in [5.74, 6) is -0.800. The van der Waals surface area contributed by atoms with Gasteiger partial charge in [-0.25, -0.2) is 9.18 Å². The zero-order valence-electron chi connectivity index (χ0n) is 10.9. The van der Waals surface area contributed by atoms with Gasteiger partial charge < -0.3 is 14.3 Å². The number of aromatic carboxylic acids is 1. The Morgan fingerprint density at radius 3 is 2.67 bits per heavy atom. The first-order valence-corrected chi connectivity index (χ1v) is 6.25. The van der Waals surface area contributed by atoms with E-state index in [0.29, 0.717) is 16.7 Å². The van der Waals surface area contributed by atoms with Crippen LogP contribution in [-0.4, -0.2) is 11.1 Å². The van der Waals surface area contributed by atoms with Gasteiger partial charge in [-0.15, -0.1) is 0 Å². The molecule has 106 valence electrons. The average Bonchev–Trinajstić information content (AvgIpc) is 2.89. The minimum Gasteiger partial charge on any atom is -0.489 e. The van der Waals surface area contributed by atoms with Crippen molar-refractivity contribution in [3.05, 3.63) is 65.7 Å². The SMILES string of the molecule is O=C(O)c1ccc2occ(COc3ccc(F)cc3)c2c1. The molecule has 0 bridgehead atoms. The quantitative estimate of drug-likeness (QED) is 0.791. The molecule has 0 radical (unpaired) electrons. The van der Waals surface area contributed by atoms with Crippen molar-refractivity contribution in [2.75, 3.05) is 0 Å². The third-order valence-corrected chi connectivity index (χ3v) is 3.11. The van der Waals surface area contributed by atoms with Crippen molar-refractivity contribution in [2.24, 2.45) is 0 Å². The number of halogens is 1. The monoisotopic (exact) mass is 286 g/mol. The lowest BCUT2D eigenvalue weighted by atomic mass is 10.1. The molecule has 1 heterocycles. The zero-order valence-corrected chi connectivity index (χ0v) is 10.9. The Hall–Kier alpha value is -2.82. The van der Waals surface area contributed by atoms with Gasteiger partial charge >= 0.3 is 5.97 Å². The van der Waals surface area contributed by atoms with Crippen LogP contribution in [0.25, 0.3) is 11.0 Å². The largest absolute Gasteiger partial charge is 0.489 e. The zero-order chi connectivity index (χ0) is 14.8. The van der Waals surface area contributed by atoms with Crippen LogP contribution >= 0.6 is 0 Å². The maximum Gasteiger partial charge on any atom is 0.335 e. The molecular formula is C16H11FO4. The molecule has 5 heteroatoms. The number of benzene rings is 2. The normalized spacial score (nSPS) is 10.7. The smallest absolute Gasteiger partial charge is 0.335 e. The number of ether oxygens (including phenoxy) is 1. The number of fused-ring (bicyclic) bond motifs is 1. The van der Waals surface area contributed by atoms with E-state index < -0.39 is 5.97 Å². The number of carbonyl (C=O) groups is 1. The van der Waals surface area contributed by atoms with Gasteiger partial charge in [-0.1, -0.05) is 0 Å². The van der Waals surface area contributed by atoms with Gasteiger partial charge in [-0.2, -0.15) is 0 Å². The number of hydrogen-bond donors (Lipinski definition) is 1. The van der Waals surface area contributed by atoms with E-state index in [1.165, 1.54) is 36.6 Å². The fraction of sp³-hybridized carbons (Fsp3) is 0.0625. The molecule has 1 N–H and O–H groups in total. The van der Waals surface area contributed by atoms with Crippen molar-refractivity contribution in [2.45, 2.75) is 6.61 Å². The Morgan fingerprint density at radius 1 is 1.19 bits per heavy atom. The molecule has 0 spiro atoms. The summed E-state index contributed by atoms with van der Waals surface area (Å²) in [4.78, 5) is 11.0. The van der Waals surface area contributed by atoms with Gasteiger partial charge in [-0.05, 0) is 42.5 Å². The van der Waals surface area contributed by atoms with Crippen LogP contribution in [0.15, 0.2) is 53.1 Å². The predicted octanol–water partition coefficient (Wildman–Crippen LogP) is 3.85. The molecule has 2 aromatic carbocycles. The highest BCUT2D eigenvalue weighted by Gasteiger charge is 2.10. The number of rotatable bonds is 4. The van der Waals surface area contributed by atoms with Crippen molar-refractivity contribution < 1.29 is 23.4 Å². The number of carboxylic acids is 1. The third-order valence-electron chi connectivity index (χ3n) is 3.11. The molecule has 0 unspecified atom stereocenters. The second-order valence-corrected chi connectivity index (χ2v) is 4.52. The fourth-order valence-electron chi connectivity index (χ4n) is 2.02. The van der Waals surface area contributed by atoms with Gasteiger partial charge in [0, 0.05) is 10.9 Å². The minimum absolute atomic E-state index is 0.187. The van der Waals surface area contributed by atoms with E-state index in [0.717, 1.165) is 5.56 Å². The molecular weight excluding hydrogens is 275 g/mol. The second-order valence-electron chi connectivity index (χ2n) is 4.52. The first kappa shape index (κ1) is 13.2. The first-order valence-electron chi connectivity index (χ1n) is 6.25. The van der Waals surface area contributed by atoms with Crippen molar-refractivity contribution >= 4 is 16.9 Å². The Morgan fingerprint density at radius 2 is 1.95 bits per heavy atom. The van der Waals surface area contributed by atoms with Gasteiger partial charge in [0.05, 0.1) is 11.8 Å². The van der Waals surface area contributed by atoms with Crippen molar-refractivity contribution in [1.29, 1.82) is 0 Å². The summed E-state index contributed by atoms with van der Waals surface area (Å²) in [6.45, 7) is 0.210. The van der Waals surface area contributed by atoms with Gasteiger partial charge in [-0.3, -0.25) is 0 Å². The summed E-state index contributed by atoms with van der Waals surface area (Å²) in [5, 5.41) is 9.70. The van der Waals surface area contributed by atoms with Gasteiger partial charge in [0.1, 0.15) is 23.8 Å². The van der Waals surface area contributed by atoms with E-state index >= 15 is 0 Å². The highest BCUT2D eigenvalue weighted by atomic mass is 19.1. The van der Waals surface area contributed by atoms with Gasteiger partial charge in [0.2, 0.25) is 0 Å². The van der Waals surface area contributed by atoms with Crippen molar-refractivity contribution in [1.82, 2.24) is 0 Å². The van der Waals surface area contributed by atoms with Gasteiger partial charge in [0.15, 0.2) is 0 Å². The van der Waals surface area contributed by atoms with Crippen molar-refractivity contribution in [3.8, 4) is 5.75 Å². The van der Waals surface area contributed by atoms with E-state index in [4.69, 9.17) is 14.3 Å². The molecule has 0 amide bonds. The van der Waals surface area contributed by atoms with E-state index in [-0.39, 0.29) is 18.0 Å². The summed E-state index contributed by atoms with van der Waals surface area (Å²) in [6, 6.07) is 10.3. The molecule has 1 aromatic heterocycles. The number of furan rings is 1. The van der Waals surface area contributed by atoms with Crippen LogP contribution < -0.4 is 4.74 Å². The van der Waals surface area contributed by atoms with E-state index in [9.17, 15) is 9.18 Å². The average molecular weight is 286 g/mol. The summed E-state index contributed by atoms with van der Waals surface area (Å²) in [5.41, 5.74) is 1.52. The molecule has 0 atom stereocenters. The maximum atomic E-state index is 12.8. The van der Waals surface area contributed by atoms with Crippen LogP contribution in [0.5, 0.6) is 5.75 Å². The Kier molecular flexibility index (Phi) is 3.31. The Labute approximate surface area is 119 Å². The van der Waals surface area contributed by atoms with E-state index in [1.807, 2.05) is 0 Å². The minimum atomic E-state index is -0.997. The molecule has 0 fully saturated rings. The molecule has 4 nitrogen and oxygen atoms in total. The highest BCUT2D eigenvalue weighted by molar-refractivity contribution is 5.93. The molecule has 21 heavy (non-hydrogen) atoms. The lowest BCUT2D eigenvalue weighted by molar-refractivity contribution is 0.0697. The standard InChI is InChI=1S/C16H11FO4/c17-12-2-4-13(5-3-12)20-8-11-9-21-15-6-1-10(16(18)19)7-14(11)15/h1-7,9H,8H2,(H,18,19). The molecule has 0 aliphatic rings. The molecule has 0 aliphatic carbocycles. The third kappa shape index (κ3) is 2.72. The van der Waals surface area contributed by atoms with Crippen LogP contribution in [0, 0.1) is 5.82 Å². The lowest BCUT2D eigenvalue weighted by Crippen LogP contribution is -1.97. The summed E-state index contributed by atoms with van der Waals surface area (Å²) in [6.07, 6.45) is 1.53. The van der Waals surface area contributed by atoms with Crippen LogP contribution in [0.1, 0.15) is 15.9 Å². The molecule has 0 saturated carbocycles. The van der Waals surface area contributed by atoms with Crippen LogP contribution in [0.3, 0.4) is 0 Å². The molecule has 3 rings (SSSR count). The number of carboxylic acid groups (broad SMARTS) is 1.